The van der Waals surface area contributed by atoms with Crippen molar-refractivity contribution in [2.75, 3.05) is 25.0 Å². The number of rotatable bonds is 8. The van der Waals surface area contributed by atoms with Crippen LogP contribution in [0.2, 0.25) is 10.0 Å². The van der Waals surface area contributed by atoms with Crippen LogP contribution < -0.4 is 10.2 Å². The molecule has 0 amide bonds. The minimum atomic E-state index is 0.649. The summed E-state index contributed by atoms with van der Waals surface area (Å²) in [7, 11) is 2.02. The van der Waals surface area contributed by atoms with Crippen molar-refractivity contribution < 1.29 is 0 Å². The number of aromatic nitrogens is 4. The fraction of sp³-hybridized carbons (Fsp3) is 0.312. The SMILES string of the molecule is CN(CCCNCc1c(Cl)cccc1Cl)c1nc(-n2ccnc2)ns1. The van der Waals surface area contributed by atoms with E-state index in [1.807, 2.05) is 31.4 Å². The third-order valence-corrected chi connectivity index (χ3v) is 5.21. The molecular formula is C16H18Cl2N6S. The highest BCUT2D eigenvalue weighted by molar-refractivity contribution is 7.09. The zero-order valence-electron chi connectivity index (χ0n) is 13.7. The first-order valence-electron chi connectivity index (χ1n) is 7.82. The Labute approximate surface area is 160 Å². The fourth-order valence-corrected chi connectivity index (χ4v) is 3.48. The number of benzene rings is 1. The summed E-state index contributed by atoms with van der Waals surface area (Å²) in [6, 6.07) is 5.56. The zero-order chi connectivity index (χ0) is 17.6. The summed E-state index contributed by atoms with van der Waals surface area (Å²) in [5, 5.41) is 5.65. The van der Waals surface area contributed by atoms with Crippen molar-refractivity contribution in [1.82, 2.24) is 24.2 Å². The van der Waals surface area contributed by atoms with Gasteiger partial charge in [0.1, 0.15) is 6.33 Å². The van der Waals surface area contributed by atoms with Crippen LogP contribution in [0.15, 0.2) is 36.9 Å². The maximum absolute atomic E-state index is 6.16. The summed E-state index contributed by atoms with van der Waals surface area (Å²) in [5.74, 6) is 0.649. The average Bonchev–Trinajstić information content (AvgIpc) is 3.27. The van der Waals surface area contributed by atoms with E-state index < -0.39 is 0 Å². The predicted molar refractivity (Wildman–Crippen MR) is 103 cm³/mol. The first-order chi connectivity index (χ1) is 12.1. The molecule has 0 radical (unpaired) electrons. The molecule has 132 valence electrons. The molecule has 25 heavy (non-hydrogen) atoms. The van der Waals surface area contributed by atoms with Gasteiger partial charge in [-0.05, 0) is 25.1 Å². The second-order valence-electron chi connectivity index (χ2n) is 5.50. The third kappa shape index (κ3) is 4.70. The van der Waals surface area contributed by atoms with Gasteiger partial charge >= 0.3 is 0 Å². The fourth-order valence-electron chi connectivity index (χ4n) is 2.30. The van der Waals surface area contributed by atoms with Gasteiger partial charge in [0.2, 0.25) is 11.1 Å². The van der Waals surface area contributed by atoms with Crippen LogP contribution in [0, 0.1) is 0 Å². The minimum Gasteiger partial charge on any atom is -0.350 e. The summed E-state index contributed by atoms with van der Waals surface area (Å²) in [6.07, 6.45) is 6.20. The van der Waals surface area contributed by atoms with E-state index in [2.05, 4.69) is 24.6 Å². The van der Waals surface area contributed by atoms with Gasteiger partial charge in [-0.15, -0.1) is 0 Å². The first kappa shape index (κ1) is 18.1. The Morgan fingerprint density at radius 1 is 1.28 bits per heavy atom. The number of nitrogens with zero attached hydrogens (tertiary/aromatic N) is 5. The second kappa shape index (κ2) is 8.62. The summed E-state index contributed by atoms with van der Waals surface area (Å²) in [6.45, 7) is 2.40. The number of halogens is 2. The van der Waals surface area contributed by atoms with Crippen LogP contribution in [0.25, 0.3) is 5.95 Å². The van der Waals surface area contributed by atoms with Crippen molar-refractivity contribution >= 4 is 39.9 Å². The summed E-state index contributed by atoms with van der Waals surface area (Å²) in [4.78, 5) is 10.6. The molecule has 9 heteroatoms. The van der Waals surface area contributed by atoms with Gasteiger partial charge in [-0.25, -0.2) is 4.98 Å². The Kier molecular flexibility index (Phi) is 6.25. The highest BCUT2D eigenvalue weighted by atomic mass is 35.5. The molecule has 0 spiro atoms. The van der Waals surface area contributed by atoms with Gasteiger partial charge in [-0.1, -0.05) is 29.3 Å². The molecule has 6 nitrogen and oxygen atoms in total. The van der Waals surface area contributed by atoms with Crippen molar-refractivity contribution in [1.29, 1.82) is 0 Å². The van der Waals surface area contributed by atoms with E-state index in [9.17, 15) is 0 Å². The maximum Gasteiger partial charge on any atom is 0.248 e. The molecule has 0 fully saturated rings. The highest BCUT2D eigenvalue weighted by Crippen LogP contribution is 2.23. The molecule has 0 unspecified atom stereocenters. The lowest BCUT2D eigenvalue weighted by Crippen LogP contribution is -2.23. The van der Waals surface area contributed by atoms with Crippen LogP contribution >= 0.6 is 34.7 Å². The van der Waals surface area contributed by atoms with E-state index in [0.29, 0.717) is 22.5 Å². The molecule has 2 heterocycles. The molecule has 0 saturated carbocycles. The highest BCUT2D eigenvalue weighted by Gasteiger charge is 2.10. The molecule has 2 aromatic heterocycles. The van der Waals surface area contributed by atoms with Crippen molar-refractivity contribution in [3.63, 3.8) is 0 Å². The van der Waals surface area contributed by atoms with Crippen LogP contribution in [0.5, 0.6) is 0 Å². The van der Waals surface area contributed by atoms with E-state index in [1.165, 1.54) is 11.5 Å². The van der Waals surface area contributed by atoms with E-state index in [-0.39, 0.29) is 0 Å². The van der Waals surface area contributed by atoms with E-state index >= 15 is 0 Å². The molecular weight excluding hydrogens is 379 g/mol. The number of hydrogen-bond donors (Lipinski definition) is 1. The Bertz CT molecular complexity index is 785. The number of imidazole rings is 1. The Morgan fingerprint density at radius 3 is 2.80 bits per heavy atom. The molecule has 1 N–H and O–H groups in total. The maximum atomic E-state index is 6.16. The Morgan fingerprint density at radius 2 is 2.08 bits per heavy atom. The third-order valence-electron chi connectivity index (χ3n) is 3.68. The quantitative estimate of drug-likeness (QED) is 0.588. The van der Waals surface area contributed by atoms with Crippen molar-refractivity contribution in [3.8, 4) is 5.95 Å². The average molecular weight is 397 g/mol. The molecule has 3 rings (SSSR count). The van der Waals surface area contributed by atoms with E-state index in [4.69, 9.17) is 23.2 Å². The lowest BCUT2D eigenvalue weighted by atomic mass is 10.2. The van der Waals surface area contributed by atoms with Crippen LogP contribution in [-0.2, 0) is 6.54 Å². The van der Waals surface area contributed by atoms with Gasteiger partial charge in [0, 0.05) is 59.7 Å². The van der Waals surface area contributed by atoms with Crippen molar-refractivity contribution in [2.45, 2.75) is 13.0 Å². The van der Waals surface area contributed by atoms with Gasteiger partial charge < -0.3 is 10.2 Å². The van der Waals surface area contributed by atoms with Crippen molar-refractivity contribution in [2.24, 2.45) is 0 Å². The zero-order valence-corrected chi connectivity index (χ0v) is 16.0. The normalized spacial score (nSPS) is 11.0. The molecule has 0 aliphatic carbocycles. The van der Waals surface area contributed by atoms with Crippen LogP contribution in [0.4, 0.5) is 5.13 Å². The van der Waals surface area contributed by atoms with Crippen molar-refractivity contribution in [3.05, 3.63) is 52.5 Å². The smallest absolute Gasteiger partial charge is 0.248 e. The lowest BCUT2D eigenvalue weighted by Gasteiger charge is -2.15. The second-order valence-corrected chi connectivity index (χ2v) is 7.04. The van der Waals surface area contributed by atoms with Gasteiger partial charge in [-0.3, -0.25) is 4.57 Å². The minimum absolute atomic E-state index is 0.649. The first-order valence-corrected chi connectivity index (χ1v) is 9.35. The lowest BCUT2D eigenvalue weighted by molar-refractivity contribution is 0.645. The monoisotopic (exact) mass is 396 g/mol. The van der Waals surface area contributed by atoms with Gasteiger partial charge in [0.15, 0.2) is 0 Å². The number of anilines is 1. The van der Waals surface area contributed by atoms with Crippen LogP contribution in [-0.4, -0.2) is 39.0 Å². The van der Waals surface area contributed by atoms with Gasteiger partial charge in [0.05, 0.1) is 0 Å². The molecule has 0 aliphatic heterocycles. The summed E-state index contributed by atoms with van der Waals surface area (Å²) >= 11 is 13.7. The standard InChI is InChI=1S/C16H18Cl2N6S/c1-23(16-21-15(22-25-16)24-9-7-20-11-24)8-3-6-19-10-12-13(17)4-2-5-14(12)18/h2,4-5,7,9,11,19H,3,6,8,10H2,1H3. The van der Waals surface area contributed by atoms with Gasteiger partial charge in [-0.2, -0.15) is 9.36 Å². The van der Waals surface area contributed by atoms with E-state index in [0.717, 1.165) is 30.2 Å². The number of hydrogen-bond acceptors (Lipinski definition) is 6. The summed E-state index contributed by atoms with van der Waals surface area (Å²) in [5.41, 5.74) is 0.938. The van der Waals surface area contributed by atoms with E-state index in [1.54, 1.807) is 17.1 Å². The molecule has 0 aliphatic rings. The number of nitrogens with one attached hydrogen (secondary N) is 1. The Balaban J connectivity index is 1.43. The molecule has 0 atom stereocenters. The Hall–Kier alpha value is -1.67. The van der Waals surface area contributed by atoms with Gasteiger partial charge in [0.25, 0.3) is 0 Å². The summed E-state index contributed by atoms with van der Waals surface area (Å²) < 4.78 is 6.14. The molecule has 0 saturated heterocycles. The molecule has 1 aromatic carbocycles. The predicted octanol–water partition coefficient (Wildman–Crippen LogP) is 3.65. The topological polar surface area (TPSA) is 58.9 Å². The van der Waals surface area contributed by atoms with Crippen LogP contribution in [0.3, 0.4) is 0 Å². The molecule has 3 aromatic rings. The largest absolute Gasteiger partial charge is 0.350 e. The molecule has 0 bridgehead atoms. The van der Waals surface area contributed by atoms with Crippen LogP contribution in [0.1, 0.15) is 12.0 Å².